The molecule has 3 rings (SSSR count). The Morgan fingerprint density at radius 1 is 0.879 bits per heavy atom. The highest BCUT2D eigenvalue weighted by molar-refractivity contribution is 5.87. The number of carbonyl (C=O) groups is 2. The lowest BCUT2D eigenvalue weighted by molar-refractivity contribution is -0.137. The summed E-state index contributed by atoms with van der Waals surface area (Å²) in [6, 6.07) is 20.2. The van der Waals surface area contributed by atoms with Gasteiger partial charge in [-0.3, -0.25) is 9.59 Å². The van der Waals surface area contributed by atoms with Gasteiger partial charge in [0, 0.05) is 6.42 Å². The molecular formula is C25H23F3N2O3. The molecule has 0 aliphatic carbocycles. The van der Waals surface area contributed by atoms with Crippen LogP contribution in [0, 0.1) is 0 Å². The number of carbonyl (C=O) groups excluding carboxylic acids is 2. The minimum absolute atomic E-state index is 0.141. The molecule has 3 aromatic rings. The average Bonchev–Trinajstić information content (AvgIpc) is 2.78. The van der Waals surface area contributed by atoms with Gasteiger partial charge in [-0.1, -0.05) is 60.7 Å². The molecule has 3 N–H and O–H groups in total. The van der Waals surface area contributed by atoms with E-state index in [0.29, 0.717) is 12.4 Å². The summed E-state index contributed by atoms with van der Waals surface area (Å²) < 4.78 is 44.3. The van der Waals surface area contributed by atoms with E-state index in [9.17, 15) is 22.8 Å². The molecule has 0 fully saturated rings. The van der Waals surface area contributed by atoms with Crippen molar-refractivity contribution < 1.29 is 27.5 Å². The zero-order valence-corrected chi connectivity index (χ0v) is 17.6. The molecule has 0 bridgehead atoms. The number of halogens is 3. The molecule has 3 aromatic carbocycles. The number of benzene rings is 3. The predicted molar refractivity (Wildman–Crippen MR) is 117 cm³/mol. The smallest absolute Gasteiger partial charge is 0.416 e. The SMILES string of the molecule is NC(=O)[C@@H](Cc1ccc(OCc2ccccc2)cc1)NC(=O)Cc1cccc(C(F)(F)F)c1. The molecule has 8 heteroatoms. The van der Waals surface area contributed by atoms with E-state index < -0.39 is 29.6 Å². The van der Waals surface area contributed by atoms with Crippen LogP contribution in [0.25, 0.3) is 0 Å². The van der Waals surface area contributed by atoms with Crippen LogP contribution in [0.15, 0.2) is 78.9 Å². The van der Waals surface area contributed by atoms with Gasteiger partial charge >= 0.3 is 6.18 Å². The van der Waals surface area contributed by atoms with Crippen LogP contribution in [0.3, 0.4) is 0 Å². The molecule has 0 spiro atoms. The molecule has 172 valence electrons. The van der Waals surface area contributed by atoms with E-state index in [1.807, 2.05) is 30.3 Å². The van der Waals surface area contributed by atoms with Gasteiger partial charge in [-0.2, -0.15) is 13.2 Å². The van der Waals surface area contributed by atoms with Crippen LogP contribution in [-0.2, 0) is 35.2 Å². The number of nitrogens with one attached hydrogen (secondary N) is 1. The van der Waals surface area contributed by atoms with Crippen LogP contribution < -0.4 is 15.8 Å². The Kier molecular flexibility index (Phi) is 7.71. The Morgan fingerprint density at radius 2 is 1.55 bits per heavy atom. The summed E-state index contributed by atoms with van der Waals surface area (Å²) in [6.07, 6.45) is -4.66. The number of alkyl halides is 3. The van der Waals surface area contributed by atoms with Crippen LogP contribution in [0.4, 0.5) is 13.2 Å². The number of primary amides is 1. The summed E-state index contributed by atoms with van der Waals surface area (Å²) in [5.74, 6) is -0.690. The second-order valence-electron chi connectivity index (χ2n) is 7.52. The molecule has 33 heavy (non-hydrogen) atoms. The summed E-state index contributed by atoms with van der Waals surface area (Å²) in [4.78, 5) is 24.2. The number of rotatable bonds is 9. The number of nitrogens with two attached hydrogens (primary N) is 1. The lowest BCUT2D eigenvalue weighted by Gasteiger charge is -2.16. The van der Waals surface area contributed by atoms with Gasteiger partial charge in [0.05, 0.1) is 12.0 Å². The van der Waals surface area contributed by atoms with Crippen LogP contribution >= 0.6 is 0 Å². The lowest BCUT2D eigenvalue weighted by Crippen LogP contribution is -2.46. The number of ether oxygens (including phenoxy) is 1. The molecule has 0 aliphatic rings. The van der Waals surface area contributed by atoms with Crippen molar-refractivity contribution in [2.75, 3.05) is 0 Å². The quantitative estimate of drug-likeness (QED) is 0.510. The second kappa shape index (κ2) is 10.7. The molecule has 5 nitrogen and oxygen atoms in total. The van der Waals surface area contributed by atoms with Gasteiger partial charge in [0.1, 0.15) is 18.4 Å². The van der Waals surface area contributed by atoms with Gasteiger partial charge in [0.2, 0.25) is 11.8 Å². The molecule has 0 saturated carbocycles. The molecule has 0 aromatic heterocycles. The Labute approximate surface area is 189 Å². The first kappa shape index (κ1) is 23.8. The molecule has 0 aliphatic heterocycles. The first-order valence-corrected chi connectivity index (χ1v) is 10.2. The zero-order valence-electron chi connectivity index (χ0n) is 17.6. The largest absolute Gasteiger partial charge is 0.489 e. The van der Waals surface area contributed by atoms with Gasteiger partial charge in [0.25, 0.3) is 0 Å². The molecule has 0 saturated heterocycles. The third kappa shape index (κ3) is 7.38. The van der Waals surface area contributed by atoms with E-state index in [2.05, 4.69) is 5.32 Å². The van der Waals surface area contributed by atoms with Crippen molar-refractivity contribution in [3.8, 4) is 5.75 Å². The summed E-state index contributed by atoms with van der Waals surface area (Å²) in [5.41, 5.74) is 6.54. The highest BCUT2D eigenvalue weighted by Gasteiger charge is 2.30. The van der Waals surface area contributed by atoms with Crippen molar-refractivity contribution >= 4 is 11.8 Å². The number of amides is 2. The molecule has 0 radical (unpaired) electrons. The van der Waals surface area contributed by atoms with E-state index in [1.165, 1.54) is 12.1 Å². The van der Waals surface area contributed by atoms with Crippen LogP contribution in [0.5, 0.6) is 5.75 Å². The minimum atomic E-state index is -4.50. The lowest BCUT2D eigenvalue weighted by atomic mass is 10.0. The maximum absolute atomic E-state index is 12.9. The van der Waals surface area contributed by atoms with Gasteiger partial charge in [-0.15, -0.1) is 0 Å². The summed E-state index contributed by atoms with van der Waals surface area (Å²) in [6.45, 7) is 0.412. The van der Waals surface area contributed by atoms with Crippen molar-refractivity contribution in [3.05, 3.63) is 101 Å². The Balaban J connectivity index is 1.57. The standard InChI is InChI=1S/C25H23F3N2O3/c26-25(27,28)20-8-4-7-19(13-20)15-23(31)30-22(24(29)32)14-17-9-11-21(12-10-17)33-16-18-5-2-1-3-6-18/h1-13,22H,14-16H2,(H2,29,32)(H,30,31)/t22-/m1/s1. The molecule has 2 amide bonds. The fraction of sp³-hybridized carbons (Fsp3) is 0.200. The van der Waals surface area contributed by atoms with E-state index in [0.717, 1.165) is 23.3 Å². The first-order valence-electron chi connectivity index (χ1n) is 10.2. The van der Waals surface area contributed by atoms with Gasteiger partial charge in [-0.25, -0.2) is 0 Å². The van der Waals surface area contributed by atoms with Gasteiger partial charge in [0.15, 0.2) is 0 Å². The second-order valence-corrected chi connectivity index (χ2v) is 7.52. The van der Waals surface area contributed by atoms with Crippen molar-refractivity contribution in [1.82, 2.24) is 5.32 Å². The van der Waals surface area contributed by atoms with E-state index in [1.54, 1.807) is 24.3 Å². The monoisotopic (exact) mass is 456 g/mol. The average molecular weight is 456 g/mol. The maximum Gasteiger partial charge on any atom is 0.416 e. The van der Waals surface area contributed by atoms with Crippen LogP contribution in [-0.4, -0.2) is 17.9 Å². The topological polar surface area (TPSA) is 81.4 Å². The minimum Gasteiger partial charge on any atom is -0.489 e. The van der Waals surface area contributed by atoms with E-state index >= 15 is 0 Å². The number of hydrogen-bond acceptors (Lipinski definition) is 3. The summed E-state index contributed by atoms with van der Waals surface area (Å²) >= 11 is 0. The van der Waals surface area contributed by atoms with Crippen LogP contribution in [0.2, 0.25) is 0 Å². The van der Waals surface area contributed by atoms with Crippen molar-refractivity contribution in [3.63, 3.8) is 0 Å². The van der Waals surface area contributed by atoms with Gasteiger partial charge < -0.3 is 15.8 Å². The van der Waals surface area contributed by atoms with Crippen molar-refractivity contribution in [1.29, 1.82) is 0 Å². The Morgan fingerprint density at radius 3 is 2.18 bits per heavy atom. The third-order valence-electron chi connectivity index (χ3n) is 4.91. The van der Waals surface area contributed by atoms with Crippen LogP contribution in [0.1, 0.15) is 22.3 Å². The maximum atomic E-state index is 12.9. The highest BCUT2D eigenvalue weighted by Crippen LogP contribution is 2.29. The fourth-order valence-electron chi connectivity index (χ4n) is 3.21. The Bertz CT molecular complexity index is 1080. The molecule has 1 atom stereocenters. The number of hydrogen-bond donors (Lipinski definition) is 2. The summed E-state index contributed by atoms with van der Waals surface area (Å²) in [7, 11) is 0. The summed E-state index contributed by atoms with van der Waals surface area (Å²) in [5, 5.41) is 2.51. The van der Waals surface area contributed by atoms with Crippen molar-refractivity contribution in [2.45, 2.75) is 31.7 Å². The van der Waals surface area contributed by atoms with E-state index in [4.69, 9.17) is 10.5 Å². The Hall–Kier alpha value is -3.81. The molecule has 0 heterocycles. The first-order chi connectivity index (χ1) is 15.7. The van der Waals surface area contributed by atoms with E-state index in [-0.39, 0.29) is 18.4 Å². The van der Waals surface area contributed by atoms with Gasteiger partial charge in [-0.05, 0) is 34.9 Å². The third-order valence-corrected chi connectivity index (χ3v) is 4.91. The van der Waals surface area contributed by atoms with Crippen molar-refractivity contribution in [2.24, 2.45) is 5.73 Å². The fourth-order valence-corrected chi connectivity index (χ4v) is 3.21. The molecular weight excluding hydrogens is 433 g/mol. The zero-order chi connectivity index (χ0) is 23.8. The normalized spacial score (nSPS) is 12.1. The highest BCUT2D eigenvalue weighted by atomic mass is 19.4. The predicted octanol–water partition coefficient (Wildman–Crippen LogP) is 4.04. The molecule has 0 unspecified atom stereocenters.